The Hall–Kier alpha value is -2.18. The Balaban J connectivity index is 4.91. The van der Waals surface area contributed by atoms with Crippen molar-refractivity contribution in [2.45, 2.75) is 33.0 Å². The zero-order chi connectivity index (χ0) is 14.8. The quantitative estimate of drug-likeness (QED) is 0.282. The minimum atomic E-state index is -1.01. The molecule has 0 radical (unpaired) electrons. The third-order valence-corrected chi connectivity index (χ3v) is 1.82. The number of aldehydes is 1. The van der Waals surface area contributed by atoms with Crippen molar-refractivity contribution in [3.05, 3.63) is 12.2 Å². The van der Waals surface area contributed by atoms with Crippen molar-refractivity contribution in [2.24, 2.45) is 0 Å². The summed E-state index contributed by atoms with van der Waals surface area (Å²) in [5.74, 6) is -1.83. The Labute approximate surface area is 110 Å². The van der Waals surface area contributed by atoms with Gasteiger partial charge in [0.15, 0.2) is 12.2 Å². The zero-order valence-electron chi connectivity index (χ0n) is 11.0. The van der Waals surface area contributed by atoms with Crippen LogP contribution in [-0.2, 0) is 33.4 Å². The first-order valence-corrected chi connectivity index (χ1v) is 5.46. The second-order valence-electron chi connectivity index (χ2n) is 3.55. The van der Waals surface area contributed by atoms with Gasteiger partial charge in [0.2, 0.25) is 0 Å². The van der Waals surface area contributed by atoms with E-state index in [9.17, 15) is 19.2 Å². The van der Waals surface area contributed by atoms with Gasteiger partial charge in [-0.15, -0.1) is 0 Å². The Morgan fingerprint density at radius 1 is 1.00 bits per heavy atom. The molecule has 0 saturated carbocycles. The predicted octanol–water partition coefficient (Wildman–Crippen LogP) is 0.168. The molecule has 0 aromatic carbocycles. The van der Waals surface area contributed by atoms with Gasteiger partial charge in [-0.25, -0.2) is 0 Å². The predicted molar refractivity (Wildman–Crippen MR) is 62.9 cm³/mol. The molecule has 0 aliphatic rings. The molecule has 0 aliphatic heterocycles. The summed E-state index contributed by atoms with van der Waals surface area (Å²) in [6.07, 6.45) is 0.795. The Morgan fingerprint density at radius 3 is 2.00 bits per heavy atom. The molecule has 0 bridgehead atoms. The molecule has 19 heavy (non-hydrogen) atoms. The summed E-state index contributed by atoms with van der Waals surface area (Å²) in [5.41, 5.74) is 0. The van der Waals surface area contributed by atoms with Crippen LogP contribution in [0.4, 0.5) is 0 Å². The smallest absolute Gasteiger partial charge is 0.303 e. The van der Waals surface area contributed by atoms with Gasteiger partial charge in [-0.3, -0.25) is 19.2 Å². The molecular formula is C12H16O7. The van der Waals surface area contributed by atoms with Gasteiger partial charge in [0.05, 0.1) is 0 Å². The lowest BCUT2D eigenvalue weighted by Gasteiger charge is -2.23. The lowest BCUT2D eigenvalue weighted by atomic mass is 10.2. The fourth-order valence-electron chi connectivity index (χ4n) is 1.19. The van der Waals surface area contributed by atoms with Gasteiger partial charge in [-0.1, -0.05) is 0 Å². The average molecular weight is 272 g/mol. The molecular weight excluding hydrogens is 256 g/mol. The van der Waals surface area contributed by atoms with E-state index in [2.05, 4.69) is 0 Å². The molecule has 0 rings (SSSR count). The standard InChI is InChI=1S/C12H16O7/c1-8(14)17-7-12(19-10(3)16)11(5-4-6-13)18-9(2)15/h4-6,11-12H,7H2,1-3H3/b5-4+/t11-,12+/m1/s1. The fourth-order valence-corrected chi connectivity index (χ4v) is 1.19. The minimum Gasteiger partial charge on any atom is -0.462 e. The van der Waals surface area contributed by atoms with Crippen molar-refractivity contribution in [3.63, 3.8) is 0 Å². The average Bonchev–Trinajstić information content (AvgIpc) is 2.28. The van der Waals surface area contributed by atoms with Crippen LogP contribution in [0.3, 0.4) is 0 Å². The lowest BCUT2D eigenvalue weighted by Crippen LogP contribution is -2.37. The maximum absolute atomic E-state index is 11.0. The van der Waals surface area contributed by atoms with Gasteiger partial charge in [-0.2, -0.15) is 0 Å². The van der Waals surface area contributed by atoms with Crippen LogP contribution in [0.5, 0.6) is 0 Å². The molecule has 106 valence electrons. The van der Waals surface area contributed by atoms with Gasteiger partial charge >= 0.3 is 17.9 Å². The van der Waals surface area contributed by atoms with E-state index < -0.39 is 30.1 Å². The Morgan fingerprint density at radius 2 is 1.58 bits per heavy atom. The highest BCUT2D eigenvalue weighted by atomic mass is 16.6. The third-order valence-electron chi connectivity index (χ3n) is 1.82. The maximum Gasteiger partial charge on any atom is 0.303 e. The van der Waals surface area contributed by atoms with Gasteiger partial charge in [-0.05, 0) is 12.2 Å². The lowest BCUT2D eigenvalue weighted by molar-refractivity contribution is -0.169. The van der Waals surface area contributed by atoms with E-state index in [0.717, 1.165) is 13.0 Å². The molecule has 0 heterocycles. The first-order chi connectivity index (χ1) is 8.86. The summed E-state index contributed by atoms with van der Waals surface area (Å²) < 4.78 is 14.5. The summed E-state index contributed by atoms with van der Waals surface area (Å²) >= 11 is 0. The number of rotatable bonds is 7. The zero-order valence-corrected chi connectivity index (χ0v) is 11.0. The van der Waals surface area contributed by atoms with E-state index in [-0.39, 0.29) is 6.61 Å². The molecule has 0 aromatic rings. The van der Waals surface area contributed by atoms with Crippen molar-refractivity contribution in [1.82, 2.24) is 0 Å². The van der Waals surface area contributed by atoms with Crippen LogP contribution >= 0.6 is 0 Å². The second kappa shape index (κ2) is 8.84. The number of allylic oxidation sites excluding steroid dienone is 1. The van der Waals surface area contributed by atoms with Crippen LogP contribution in [0, 0.1) is 0 Å². The normalized spacial score (nSPS) is 13.4. The van der Waals surface area contributed by atoms with Crippen LogP contribution in [0.15, 0.2) is 12.2 Å². The summed E-state index contributed by atoms with van der Waals surface area (Å²) in [5, 5.41) is 0. The van der Waals surface area contributed by atoms with Crippen LogP contribution in [0.1, 0.15) is 20.8 Å². The van der Waals surface area contributed by atoms with Crippen molar-refractivity contribution in [1.29, 1.82) is 0 Å². The minimum absolute atomic E-state index is 0.282. The van der Waals surface area contributed by atoms with Crippen molar-refractivity contribution >= 4 is 24.2 Å². The third kappa shape index (κ3) is 8.53. The molecule has 0 aliphatic carbocycles. The van der Waals surface area contributed by atoms with Crippen LogP contribution in [0.25, 0.3) is 0 Å². The molecule has 0 fully saturated rings. The second-order valence-corrected chi connectivity index (χ2v) is 3.55. The van der Waals surface area contributed by atoms with Gasteiger partial charge in [0, 0.05) is 20.8 Å². The number of esters is 3. The van der Waals surface area contributed by atoms with E-state index in [1.54, 1.807) is 0 Å². The first-order valence-electron chi connectivity index (χ1n) is 5.46. The van der Waals surface area contributed by atoms with Gasteiger partial charge in [0.1, 0.15) is 12.9 Å². The number of carbonyl (C=O) groups excluding carboxylic acids is 4. The highest BCUT2D eigenvalue weighted by molar-refractivity contribution is 5.69. The van der Waals surface area contributed by atoms with E-state index in [0.29, 0.717) is 6.29 Å². The van der Waals surface area contributed by atoms with Crippen molar-refractivity contribution in [2.75, 3.05) is 6.61 Å². The molecule has 2 atom stereocenters. The maximum atomic E-state index is 11.0. The molecule has 7 heteroatoms. The number of ether oxygens (including phenoxy) is 3. The van der Waals surface area contributed by atoms with E-state index in [1.165, 1.54) is 19.9 Å². The Bertz CT molecular complexity index is 372. The molecule has 0 N–H and O–H groups in total. The number of carbonyl (C=O) groups is 4. The molecule has 0 unspecified atom stereocenters. The monoisotopic (exact) mass is 272 g/mol. The Kier molecular flexibility index (Phi) is 7.83. The molecule has 0 amide bonds. The van der Waals surface area contributed by atoms with E-state index in [1.807, 2.05) is 0 Å². The van der Waals surface area contributed by atoms with Gasteiger partial charge in [0.25, 0.3) is 0 Å². The summed E-state index contributed by atoms with van der Waals surface area (Å²) in [6.45, 7) is 3.23. The highest BCUT2D eigenvalue weighted by Gasteiger charge is 2.26. The highest BCUT2D eigenvalue weighted by Crippen LogP contribution is 2.09. The largest absolute Gasteiger partial charge is 0.462 e. The fraction of sp³-hybridized carbons (Fsp3) is 0.500. The number of hydrogen-bond donors (Lipinski definition) is 0. The van der Waals surface area contributed by atoms with Crippen molar-refractivity contribution < 1.29 is 33.4 Å². The summed E-state index contributed by atoms with van der Waals surface area (Å²) in [7, 11) is 0. The van der Waals surface area contributed by atoms with E-state index >= 15 is 0 Å². The van der Waals surface area contributed by atoms with Crippen LogP contribution < -0.4 is 0 Å². The first kappa shape index (κ1) is 16.8. The van der Waals surface area contributed by atoms with Crippen LogP contribution in [-0.4, -0.2) is 43.0 Å². The van der Waals surface area contributed by atoms with Crippen molar-refractivity contribution in [3.8, 4) is 0 Å². The number of hydrogen-bond acceptors (Lipinski definition) is 7. The molecule has 0 aromatic heterocycles. The molecule has 0 spiro atoms. The molecule has 7 nitrogen and oxygen atoms in total. The SMILES string of the molecule is CC(=O)OC[C@H](OC(C)=O)[C@@H](/C=C/C=O)OC(C)=O. The van der Waals surface area contributed by atoms with Gasteiger partial charge < -0.3 is 14.2 Å². The topological polar surface area (TPSA) is 96.0 Å². The summed E-state index contributed by atoms with van der Waals surface area (Å²) in [6, 6.07) is 0. The molecule has 0 saturated heterocycles. The van der Waals surface area contributed by atoms with Crippen LogP contribution in [0.2, 0.25) is 0 Å². The summed E-state index contributed by atoms with van der Waals surface area (Å²) in [4.78, 5) is 43.0. The van der Waals surface area contributed by atoms with E-state index in [4.69, 9.17) is 14.2 Å².